The fourth-order valence-electron chi connectivity index (χ4n) is 3.59. The number of ether oxygens (including phenoxy) is 2. The smallest absolute Gasteiger partial charge is 0.337 e. The van der Waals surface area contributed by atoms with E-state index in [1.807, 2.05) is 25.1 Å². The zero-order valence-corrected chi connectivity index (χ0v) is 19.3. The van der Waals surface area contributed by atoms with Crippen LogP contribution in [0.5, 0.6) is 0 Å². The molecule has 2 N–H and O–H groups in total. The molecule has 3 rings (SSSR count). The average Bonchev–Trinajstić information content (AvgIpc) is 2.84. The molecule has 5 nitrogen and oxygen atoms in total. The van der Waals surface area contributed by atoms with Crippen molar-refractivity contribution in [1.29, 1.82) is 0 Å². The lowest BCUT2D eigenvalue weighted by atomic mass is 10.0. The van der Waals surface area contributed by atoms with Crippen LogP contribution < -0.4 is 5.32 Å². The predicted octanol–water partition coefficient (Wildman–Crippen LogP) is 5.90. The van der Waals surface area contributed by atoms with Crippen LogP contribution in [0.3, 0.4) is 0 Å². The van der Waals surface area contributed by atoms with Crippen LogP contribution in [0, 0.1) is 0 Å². The molecule has 0 aliphatic carbocycles. The van der Waals surface area contributed by atoms with Crippen molar-refractivity contribution in [1.82, 2.24) is 0 Å². The van der Waals surface area contributed by atoms with E-state index in [4.69, 9.17) is 9.47 Å². The maximum atomic E-state index is 11.4. The molecule has 0 saturated carbocycles. The molecule has 0 bridgehead atoms. The molecule has 0 unspecified atom stereocenters. The van der Waals surface area contributed by atoms with E-state index < -0.39 is 5.97 Å². The van der Waals surface area contributed by atoms with E-state index in [0.717, 1.165) is 44.6 Å². The van der Waals surface area contributed by atoms with E-state index in [0.29, 0.717) is 18.9 Å². The Kier molecular flexibility index (Phi) is 9.95. The Morgan fingerprint density at radius 3 is 1.97 bits per heavy atom. The summed E-state index contributed by atoms with van der Waals surface area (Å²) in [4.78, 5) is 11.4. The molecule has 0 aliphatic rings. The molecule has 174 valence electrons. The minimum atomic E-state index is -0.938. The van der Waals surface area contributed by atoms with Gasteiger partial charge in [-0.25, -0.2) is 4.79 Å². The summed E-state index contributed by atoms with van der Waals surface area (Å²) in [6.07, 6.45) is 3.98. The lowest BCUT2D eigenvalue weighted by molar-refractivity contribution is 0.0520. The molecule has 3 aromatic rings. The molecule has 3 aromatic carbocycles. The van der Waals surface area contributed by atoms with Crippen molar-refractivity contribution in [2.24, 2.45) is 0 Å². The third kappa shape index (κ3) is 8.37. The molecular weight excluding hydrogens is 414 g/mol. The van der Waals surface area contributed by atoms with Crippen molar-refractivity contribution in [2.75, 3.05) is 31.7 Å². The number of carboxylic acids is 1. The number of anilines is 2. The van der Waals surface area contributed by atoms with Gasteiger partial charge in [0.25, 0.3) is 0 Å². The number of rotatable bonds is 14. The van der Waals surface area contributed by atoms with Crippen LogP contribution in [0.2, 0.25) is 0 Å². The number of hydrogen-bond donors (Lipinski definition) is 2. The highest BCUT2D eigenvalue weighted by atomic mass is 16.5. The van der Waals surface area contributed by atoms with Gasteiger partial charge < -0.3 is 19.9 Å². The molecule has 0 fully saturated rings. The maximum Gasteiger partial charge on any atom is 0.337 e. The molecule has 33 heavy (non-hydrogen) atoms. The highest BCUT2D eigenvalue weighted by Gasteiger charge is 2.09. The highest BCUT2D eigenvalue weighted by molar-refractivity contribution is 5.95. The number of hydrogen-bond acceptors (Lipinski definition) is 4. The molecule has 0 radical (unpaired) electrons. The fraction of sp³-hybridized carbons (Fsp3) is 0.321. The van der Waals surface area contributed by atoms with Crippen LogP contribution in [0.15, 0.2) is 72.8 Å². The van der Waals surface area contributed by atoms with Gasteiger partial charge in [0.15, 0.2) is 0 Å². The van der Waals surface area contributed by atoms with Crippen LogP contribution in [0.1, 0.15) is 40.4 Å². The quantitative estimate of drug-likeness (QED) is 0.301. The molecular formula is C28H33NO4. The summed E-state index contributed by atoms with van der Waals surface area (Å²) in [6, 6.07) is 23.9. The molecule has 5 heteroatoms. The van der Waals surface area contributed by atoms with E-state index in [2.05, 4.69) is 41.7 Å². The monoisotopic (exact) mass is 447 g/mol. The Morgan fingerprint density at radius 2 is 1.33 bits per heavy atom. The van der Waals surface area contributed by atoms with Gasteiger partial charge in [-0.2, -0.15) is 0 Å². The second-order valence-electron chi connectivity index (χ2n) is 7.90. The first kappa shape index (κ1) is 24.5. The van der Waals surface area contributed by atoms with Gasteiger partial charge in [0.2, 0.25) is 0 Å². The van der Waals surface area contributed by atoms with Gasteiger partial charge >= 0.3 is 5.97 Å². The summed E-state index contributed by atoms with van der Waals surface area (Å²) in [7, 11) is 0. The lowest BCUT2D eigenvalue weighted by Crippen LogP contribution is -2.05. The normalized spacial score (nSPS) is 10.8. The Bertz CT molecular complexity index is 984. The number of aromatic carboxylic acids is 1. The first-order valence-electron chi connectivity index (χ1n) is 11.6. The summed E-state index contributed by atoms with van der Waals surface area (Å²) in [6.45, 7) is 4.83. The number of aryl methyl sites for hydroxylation is 3. The second kappa shape index (κ2) is 13.4. The van der Waals surface area contributed by atoms with Crippen molar-refractivity contribution < 1.29 is 19.4 Å². The van der Waals surface area contributed by atoms with Crippen molar-refractivity contribution >= 4 is 17.3 Å². The van der Waals surface area contributed by atoms with Crippen molar-refractivity contribution in [3.8, 4) is 0 Å². The Balaban J connectivity index is 1.42. The number of para-hydroxylation sites is 1. The first-order chi connectivity index (χ1) is 16.2. The first-order valence-corrected chi connectivity index (χ1v) is 11.6. The van der Waals surface area contributed by atoms with E-state index in [-0.39, 0.29) is 5.56 Å². The number of benzene rings is 3. The van der Waals surface area contributed by atoms with E-state index >= 15 is 0 Å². The summed E-state index contributed by atoms with van der Waals surface area (Å²) in [5.41, 5.74) is 5.64. The third-order valence-electron chi connectivity index (χ3n) is 5.45. The van der Waals surface area contributed by atoms with Gasteiger partial charge in [-0.15, -0.1) is 0 Å². The van der Waals surface area contributed by atoms with Crippen LogP contribution in [0.4, 0.5) is 11.4 Å². The number of nitrogens with one attached hydrogen (secondary N) is 1. The summed E-state index contributed by atoms with van der Waals surface area (Å²) < 4.78 is 10.8. The van der Waals surface area contributed by atoms with Crippen molar-refractivity contribution in [3.05, 3.63) is 95.1 Å². The summed E-state index contributed by atoms with van der Waals surface area (Å²) >= 11 is 0. The summed E-state index contributed by atoms with van der Waals surface area (Å²) in [5.74, 6) is -0.938. The van der Waals surface area contributed by atoms with Crippen LogP contribution >= 0.6 is 0 Å². The highest BCUT2D eigenvalue weighted by Crippen LogP contribution is 2.21. The Labute approximate surface area is 196 Å². The van der Waals surface area contributed by atoms with Gasteiger partial charge in [-0.1, -0.05) is 48.5 Å². The predicted molar refractivity (Wildman–Crippen MR) is 133 cm³/mol. The Hall–Kier alpha value is -3.15. The second-order valence-corrected chi connectivity index (χ2v) is 7.90. The number of carboxylic acid groups (broad SMARTS) is 1. The maximum absolute atomic E-state index is 11.4. The topological polar surface area (TPSA) is 67.8 Å². The molecule has 0 saturated heterocycles. The molecule has 0 amide bonds. The van der Waals surface area contributed by atoms with Gasteiger partial charge in [0, 0.05) is 18.9 Å². The average molecular weight is 448 g/mol. The van der Waals surface area contributed by atoms with Crippen LogP contribution in [-0.2, 0) is 28.7 Å². The van der Waals surface area contributed by atoms with Crippen LogP contribution in [-0.4, -0.2) is 37.5 Å². The third-order valence-corrected chi connectivity index (χ3v) is 5.45. The zero-order valence-electron chi connectivity index (χ0n) is 19.3. The molecule has 0 atom stereocenters. The van der Waals surface area contributed by atoms with Crippen molar-refractivity contribution in [3.63, 3.8) is 0 Å². The standard InChI is InChI=1S/C28H33NO4/c1-2-32-20-21-33-19-5-6-22-9-11-23(12-10-22)13-14-24-15-17-25(18-16-24)29-27-8-4-3-7-26(27)28(30)31/h3-4,7-12,15-18,29H,2,5-6,13-14,19-21H2,1H3,(H,30,31). The minimum absolute atomic E-state index is 0.263. The minimum Gasteiger partial charge on any atom is -0.478 e. The molecule has 0 aromatic heterocycles. The lowest BCUT2D eigenvalue weighted by Gasteiger charge is -2.10. The molecule has 0 heterocycles. The van der Waals surface area contributed by atoms with E-state index in [1.54, 1.807) is 18.2 Å². The SMILES string of the molecule is CCOCCOCCCc1ccc(CCc2ccc(Nc3ccccc3C(=O)O)cc2)cc1. The zero-order chi connectivity index (χ0) is 23.3. The molecule has 0 aliphatic heterocycles. The van der Waals surface area contributed by atoms with Gasteiger partial charge in [-0.05, 0) is 73.6 Å². The van der Waals surface area contributed by atoms with E-state index in [9.17, 15) is 9.90 Å². The van der Waals surface area contributed by atoms with E-state index in [1.165, 1.54) is 16.7 Å². The van der Waals surface area contributed by atoms with Crippen molar-refractivity contribution in [2.45, 2.75) is 32.6 Å². The summed E-state index contributed by atoms with van der Waals surface area (Å²) in [5, 5.41) is 12.5. The number of carbonyl (C=O) groups is 1. The largest absolute Gasteiger partial charge is 0.478 e. The van der Waals surface area contributed by atoms with Crippen LogP contribution in [0.25, 0.3) is 0 Å². The van der Waals surface area contributed by atoms with Gasteiger partial charge in [0.1, 0.15) is 0 Å². The Morgan fingerprint density at radius 1 is 0.758 bits per heavy atom. The molecule has 0 spiro atoms. The van der Waals surface area contributed by atoms with Gasteiger partial charge in [-0.3, -0.25) is 0 Å². The van der Waals surface area contributed by atoms with Gasteiger partial charge in [0.05, 0.1) is 24.5 Å². The fourth-order valence-corrected chi connectivity index (χ4v) is 3.59.